The average Bonchev–Trinajstić information content (AvgIpc) is 2.42. The van der Waals surface area contributed by atoms with Gasteiger partial charge < -0.3 is 5.32 Å². The van der Waals surface area contributed by atoms with Gasteiger partial charge in [0.2, 0.25) is 0 Å². The van der Waals surface area contributed by atoms with Crippen LogP contribution in [-0.4, -0.2) is 16.5 Å². The van der Waals surface area contributed by atoms with Gasteiger partial charge in [0.1, 0.15) is 0 Å². The second kappa shape index (κ2) is 7.62. The van der Waals surface area contributed by atoms with Crippen LogP contribution in [0.15, 0.2) is 46.7 Å². The van der Waals surface area contributed by atoms with Crippen LogP contribution in [0.3, 0.4) is 0 Å². The summed E-state index contributed by atoms with van der Waals surface area (Å²) in [7, 11) is 0. The van der Waals surface area contributed by atoms with Crippen molar-refractivity contribution in [3.8, 4) is 0 Å². The quantitative estimate of drug-likeness (QED) is 0.818. The fourth-order valence-corrected chi connectivity index (χ4v) is 2.71. The molecule has 20 heavy (non-hydrogen) atoms. The molecule has 0 saturated carbocycles. The molecule has 1 heterocycles. The molecule has 2 rings (SSSR count). The van der Waals surface area contributed by atoms with Gasteiger partial charge in [-0.05, 0) is 48.0 Å². The van der Waals surface area contributed by atoms with Gasteiger partial charge in [-0.3, -0.25) is 0 Å². The zero-order chi connectivity index (χ0) is 14.4. The first kappa shape index (κ1) is 15.3. The van der Waals surface area contributed by atoms with Crippen LogP contribution in [0.4, 0.5) is 0 Å². The Labute approximate surface area is 129 Å². The molecule has 3 nitrogen and oxygen atoms in total. The number of rotatable bonds is 6. The third kappa shape index (κ3) is 4.78. The summed E-state index contributed by atoms with van der Waals surface area (Å²) in [5.41, 5.74) is 1.19. The fourth-order valence-electron chi connectivity index (χ4n) is 1.68. The Kier molecular flexibility index (Phi) is 5.83. The van der Waals surface area contributed by atoms with E-state index in [1.165, 1.54) is 17.3 Å². The van der Waals surface area contributed by atoms with Gasteiger partial charge in [-0.1, -0.05) is 31.5 Å². The van der Waals surface area contributed by atoms with Gasteiger partial charge in [0.05, 0.1) is 5.02 Å². The minimum absolute atomic E-state index is 0.649. The molecule has 0 spiro atoms. The number of nitrogens with one attached hydrogen (secondary N) is 1. The van der Waals surface area contributed by atoms with Crippen molar-refractivity contribution in [3.63, 3.8) is 0 Å². The predicted octanol–water partition coefficient (Wildman–Crippen LogP) is 4.03. The first-order valence-corrected chi connectivity index (χ1v) is 7.78. The van der Waals surface area contributed by atoms with E-state index in [1.807, 2.05) is 12.1 Å². The van der Waals surface area contributed by atoms with E-state index >= 15 is 0 Å². The van der Waals surface area contributed by atoms with Crippen LogP contribution in [0.5, 0.6) is 0 Å². The van der Waals surface area contributed by atoms with Gasteiger partial charge in [-0.15, -0.1) is 0 Å². The molecule has 0 radical (unpaired) electrons. The summed E-state index contributed by atoms with van der Waals surface area (Å²) in [5, 5.41) is 4.86. The molecule has 106 valence electrons. The van der Waals surface area contributed by atoms with E-state index < -0.39 is 0 Å². The second-order valence-electron chi connectivity index (χ2n) is 4.92. The van der Waals surface area contributed by atoms with E-state index in [0.29, 0.717) is 11.1 Å². The van der Waals surface area contributed by atoms with Gasteiger partial charge in [-0.25, -0.2) is 9.97 Å². The molecule has 2 aromatic rings. The number of halogens is 1. The SMILES string of the molecule is CC(C)CNCc1ccc(Sc2ncccn2)c(Cl)c1. The first-order valence-electron chi connectivity index (χ1n) is 6.59. The maximum absolute atomic E-state index is 6.32. The number of benzene rings is 1. The summed E-state index contributed by atoms with van der Waals surface area (Å²) in [6.45, 7) is 6.23. The lowest BCUT2D eigenvalue weighted by atomic mass is 10.2. The summed E-state index contributed by atoms with van der Waals surface area (Å²) in [5.74, 6) is 0.649. The molecule has 0 fully saturated rings. The maximum Gasteiger partial charge on any atom is 0.192 e. The van der Waals surface area contributed by atoms with E-state index in [0.717, 1.165) is 23.0 Å². The highest BCUT2D eigenvalue weighted by molar-refractivity contribution is 7.99. The largest absolute Gasteiger partial charge is 0.312 e. The lowest BCUT2D eigenvalue weighted by molar-refractivity contribution is 0.552. The molecule has 0 unspecified atom stereocenters. The Morgan fingerprint density at radius 3 is 2.65 bits per heavy atom. The summed E-state index contributed by atoms with van der Waals surface area (Å²) in [6.07, 6.45) is 3.46. The third-order valence-corrected chi connectivity index (χ3v) is 4.02. The van der Waals surface area contributed by atoms with Gasteiger partial charge in [0.25, 0.3) is 0 Å². The number of aromatic nitrogens is 2. The molecule has 0 bridgehead atoms. The van der Waals surface area contributed by atoms with Gasteiger partial charge >= 0.3 is 0 Å². The summed E-state index contributed by atoms with van der Waals surface area (Å²) in [6, 6.07) is 7.91. The van der Waals surface area contributed by atoms with Crippen molar-refractivity contribution >= 4 is 23.4 Å². The van der Waals surface area contributed by atoms with Crippen LogP contribution in [-0.2, 0) is 6.54 Å². The van der Waals surface area contributed by atoms with E-state index in [1.54, 1.807) is 18.5 Å². The second-order valence-corrected chi connectivity index (χ2v) is 6.34. The van der Waals surface area contributed by atoms with Crippen LogP contribution in [0.25, 0.3) is 0 Å². The molecular weight excluding hydrogens is 290 g/mol. The molecule has 0 amide bonds. The maximum atomic E-state index is 6.32. The van der Waals surface area contributed by atoms with Crippen LogP contribution in [0.1, 0.15) is 19.4 Å². The summed E-state index contributed by atoms with van der Waals surface area (Å²) in [4.78, 5) is 9.35. The number of hydrogen-bond acceptors (Lipinski definition) is 4. The van der Waals surface area contributed by atoms with Crippen molar-refractivity contribution in [1.82, 2.24) is 15.3 Å². The Hall–Kier alpha value is -1.10. The zero-order valence-electron chi connectivity index (χ0n) is 11.6. The molecule has 1 N–H and O–H groups in total. The Morgan fingerprint density at radius 2 is 2.00 bits per heavy atom. The molecule has 0 saturated heterocycles. The monoisotopic (exact) mass is 307 g/mol. The van der Waals surface area contributed by atoms with E-state index in [9.17, 15) is 0 Å². The Balaban J connectivity index is 1.99. The van der Waals surface area contributed by atoms with Crippen LogP contribution < -0.4 is 5.32 Å². The fraction of sp³-hybridized carbons (Fsp3) is 0.333. The van der Waals surface area contributed by atoms with Gasteiger partial charge in [0, 0.05) is 23.8 Å². The van der Waals surface area contributed by atoms with Crippen molar-refractivity contribution in [2.24, 2.45) is 5.92 Å². The highest BCUT2D eigenvalue weighted by Gasteiger charge is 2.06. The minimum Gasteiger partial charge on any atom is -0.312 e. The van der Waals surface area contributed by atoms with E-state index in [2.05, 4.69) is 35.2 Å². The highest BCUT2D eigenvalue weighted by Crippen LogP contribution is 2.31. The molecule has 0 aliphatic rings. The molecule has 1 aromatic heterocycles. The molecule has 0 aliphatic carbocycles. The lowest BCUT2D eigenvalue weighted by Gasteiger charge is -2.09. The highest BCUT2D eigenvalue weighted by atomic mass is 35.5. The van der Waals surface area contributed by atoms with Crippen molar-refractivity contribution in [3.05, 3.63) is 47.2 Å². The van der Waals surface area contributed by atoms with E-state index in [4.69, 9.17) is 11.6 Å². The van der Waals surface area contributed by atoms with Crippen LogP contribution in [0, 0.1) is 5.92 Å². The number of hydrogen-bond donors (Lipinski definition) is 1. The molecular formula is C15H18ClN3S. The van der Waals surface area contributed by atoms with E-state index in [-0.39, 0.29) is 0 Å². The predicted molar refractivity (Wildman–Crippen MR) is 84.2 cm³/mol. The van der Waals surface area contributed by atoms with Gasteiger partial charge in [-0.2, -0.15) is 0 Å². The standard InChI is InChI=1S/C15H18ClN3S/c1-11(2)9-17-10-12-4-5-14(13(16)8-12)20-15-18-6-3-7-19-15/h3-8,11,17H,9-10H2,1-2H3. The van der Waals surface area contributed by atoms with Crippen molar-refractivity contribution in [2.45, 2.75) is 30.4 Å². The van der Waals surface area contributed by atoms with Crippen molar-refractivity contribution in [1.29, 1.82) is 0 Å². The summed E-state index contributed by atoms with van der Waals surface area (Å²) >= 11 is 7.79. The first-order chi connectivity index (χ1) is 9.65. The Bertz CT molecular complexity index is 546. The minimum atomic E-state index is 0.649. The van der Waals surface area contributed by atoms with Crippen molar-refractivity contribution in [2.75, 3.05) is 6.54 Å². The topological polar surface area (TPSA) is 37.8 Å². The molecule has 5 heteroatoms. The average molecular weight is 308 g/mol. The van der Waals surface area contributed by atoms with Crippen molar-refractivity contribution < 1.29 is 0 Å². The van der Waals surface area contributed by atoms with Gasteiger partial charge in [0.15, 0.2) is 5.16 Å². The normalized spacial score (nSPS) is 11.0. The summed E-state index contributed by atoms with van der Waals surface area (Å²) < 4.78 is 0. The number of nitrogens with zero attached hydrogens (tertiary/aromatic N) is 2. The molecule has 0 atom stereocenters. The lowest BCUT2D eigenvalue weighted by Crippen LogP contribution is -2.18. The zero-order valence-corrected chi connectivity index (χ0v) is 13.2. The smallest absolute Gasteiger partial charge is 0.192 e. The Morgan fingerprint density at radius 1 is 1.25 bits per heavy atom. The molecule has 1 aromatic carbocycles. The molecule has 0 aliphatic heterocycles. The van der Waals surface area contributed by atoms with Crippen LogP contribution in [0.2, 0.25) is 5.02 Å². The van der Waals surface area contributed by atoms with Crippen LogP contribution >= 0.6 is 23.4 Å². The third-order valence-electron chi connectivity index (χ3n) is 2.62.